The molecule has 86 valence electrons. The van der Waals surface area contributed by atoms with Crippen LogP contribution in [0.15, 0.2) is 18.3 Å². The SMILES string of the molecule is CNCCc1nn(C)cc1-c1ccc(Cl)s1. The average molecular weight is 256 g/mol. The van der Waals surface area contributed by atoms with Crippen molar-refractivity contribution in [3.63, 3.8) is 0 Å². The van der Waals surface area contributed by atoms with Crippen molar-refractivity contribution < 1.29 is 0 Å². The summed E-state index contributed by atoms with van der Waals surface area (Å²) >= 11 is 7.55. The molecule has 0 amide bonds. The standard InChI is InChI=1S/C11H14ClN3S/c1-13-6-5-9-8(7-15(2)14-9)10-3-4-11(12)16-10/h3-4,7,13H,5-6H2,1-2H3. The zero-order valence-electron chi connectivity index (χ0n) is 9.33. The van der Waals surface area contributed by atoms with Gasteiger partial charge < -0.3 is 5.32 Å². The number of thiophene rings is 1. The molecule has 0 aromatic carbocycles. The summed E-state index contributed by atoms with van der Waals surface area (Å²) in [5.74, 6) is 0. The normalized spacial score (nSPS) is 10.9. The molecule has 2 aromatic heterocycles. The second kappa shape index (κ2) is 4.99. The molecule has 2 aromatic rings. The third-order valence-corrected chi connectivity index (χ3v) is 3.62. The lowest BCUT2D eigenvalue weighted by Crippen LogP contribution is -2.11. The smallest absolute Gasteiger partial charge is 0.0934 e. The van der Waals surface area contributed by atoms with Crippen molar-refractivity contribution >= 4 is 22.9 Å². The highest BCUT2D eigenvalue weighted by Crippen LogP contribution is 2.32. The molecule has 0 unspecified atom stereocenters. The van der Waals surface area contributed by atoms with Crippen molar-refractivity contribution in [3.05, 3.63) is 28.4 Å². The lowest BCUT2D eigenvalue weighted by atomic mass is 10.1. The van der Waals surface area contributed by atoms with E-state index in [2.05, 4.69) is 10.4 Å². The molecule has 1 N–H and O–H groups in total. The van der Waals surface area contributed by atoms with E-state index in [1.807, 2.05) is 37.1 Å². The van der Waals surface area contributed by atoms with Crippen molar-refractivity contribution in [1.82, 2.24) is 15.1 Å². The summed E-state index contributed by atoms with van der Waals surface area (Å²) in [7, 11) is 3.90. The van der Waals surface area contributed by atoms with Crippen LogP contribution in [0.25, 0.3) is 10.4 Å². The van der Waals surface area contributed by atoms with Crippen LogP contribution < -0.4 is 5.32 Å². The number of halogens is 1. The van der Waals surface area contributed by atoms with E-state index in [1.165, 1.54) is 10.4 Å². The molecule has 0 bridgehead atoms. The van der Waals surface area contributed by atoms with Gasteiger partial charge in [0.05, 0.1) is 10.0 Å². The van der Waals surface area contributed by atoms with Crippen LogP contribution in [0.2, 0.25) is 4.34 Å². The minimum absolute atomic E-state index is 0.818. The van der Waals surface area contributed by atoms with Crippen LogP contribution in [0.4, 0.5) is 0 Å². The van der Waals surface area contributed by atoms with E-state index < -0.39 is 0 Å². The fourth-order valence-electron chi connectivity index (χ4n) is 1.63. The summed E-state index contributed by atoms with van der Waals surface area (Å²) in [4.78, 5) is 1.18. The first-order valence-corrected chi connectivity index (χ1v) is 6.33. The fourth-order valence-corrected chi connectivity index (χ4v) is 2.70. The third kappa shape index (κ3) is 2.45. The molecule has 0 spiro atoms. The van der Waals surface area contributed by atoms with Gasteiger partial charge in [-0.3, -0.25) is 4.68 Å². The number of likely N-dealkylation sites (N-methyl/N-ethyl adjacent to an activating group) is 1. The van der Waals surface area contributed by atoms with Gasteiger partial charge in [0.25, 0.3) is 0 Å². The fraction of sp³-hybridized carbons (Fsp3) is 0.364. The van der Waals surface area contributed by atoms with Gasteiger partial charge in [0.2, 0.25) is 0 Å². The van der Waals surface area contributed by atoms with Crippen LogP contribution in [0.3, 0.4) is 0 Å². The Kier molecular flexibility index (Phi) is 3.63. The molecule has 0 saturated heterocycles. The summed E-state index contributed by atoms with van der Waals surface area (Å²) in [6.45, 7) is 0.934. The van der Waals surface area contributed by atoms with Gasteiger partial charge in [-0.05, 0) is 19.2 Å². The monoisotopic (exact) mass is 255 g/mol. The zero-order valence-corrected chi connectivity index (χ0v) is 10.9. The van der Waals surface area contributed by atoms with Crippen LogP contribution in [0.5, 0.6) is 0 Å². The molecule has 2 heterocycles. The molecule has 0 radical (unpaired) electrons. The van der Waals surface area contributed by atoms with E-state index in [-0.39, 0.29) is 0 Å². The topological polar surface area (TPSA) is 29.9 Å². The van der Waals surface area contributed by atoms with Gasteiger partial charge in [-0.15, -0.1) is 11.3 Å². The van der Waals surface area contributed by atoms with Crippen molar-refractivity contribution in [2.75, 3.05) is 13.6 Å². The van der Waals surface area contributed by atoms with Crippen LogP contribution >= 0.6 is 22.9 Å². The number of hydrogen-bond donors (Lipinski definition) is 1. The van der Waals surface area contributed by atoms with Gasteiger partial charge in [0.1, 0.15) is 0 Å². The summed E-state index contributed by atoms with van der Waals surface area (Å²) in [5.41, 5.74) is 2.31. The molecule has 16 heavy (non-hydrogen) atoms. The highest BCUT2D eigenvalue weighted by Gasteiger charge is 2.11. The largest absolute Gasteiger partial charge is 0.319 e. The van der Waals surface area contributed by atoms with E-state index in [0.29, 0.717) is 0 Å². The first-order valence-electron chi connectivity index (χ1n) is 5.13. The van der Waals surface area contributed by atoms with Crippen LogP contribution in [-0.2, 0) is 13.5 Å². The molecular weight excluding hydrogens is 242 g/mol. The van der Waals surface area contributed by atoms with Gasteiger partial charge in [0.15, 0.2) is 0 Å². The molecule has 5 heteroatoms. The Labute approximate surface area is 104 Å². The molecule has 0 aliphatic carbocycles. The minimum Gasteiger partial charge on any atom is -0.319 e. The predicted octanol–water partition coefficient (Wildman–Crippen LogP) is 2.56. The maximum atomic E-state index is 5.95. The van der Waals surface area contributed by atoms with Gasteiger partial charge >= 0.3 is 0 Å². The summed E-state index contributed by atoms with van der Waals surface area (Å²) in [6, 6.07) is 3.98. The number of aryl methyl sites for hydroxylation is 1. The lowest BCUT2D eigenvalue weighted by Gasteiger charge is -1.99. The molecule has 0 aliphatic rings. The molecule has 2 rings (SSSR count). The van der Waals surface area contributed by atoms with Gasteiger partial charge in [0, 0.05) is 36.7 Å². The number of aromatic nitrogens is 2. The first kappa shape index (κ1) is 11.6. The Morgan fingerprint density at radius 1 is 1.50 bits per heavy atom. The van der Waals surface area contributed by atoms with Gasteiger partial charge in [-0.2, -0.15) is 5.10 Å². The van der Waals surface area contributed by atoms with Crippen molar-refractivity contribution in [3.8, 4) is 10.4 Å². The Balaban J connectivity index is 2.32. The maximum Gasteiger partial charge on any atom is 0.0934 e. The quantitative estimate of drug-likeness (QED) is 0.910. The van der Waals surface area contributed by atoms with E-state index in [9.17, 15) is 0 Å². The van der Waals surface area contributed by atoms with Gasteiger partial charge in [-0.25, -0.2) is 0 Å². The Morgan fingerprint density at radius 2 is 2.31 bits per heavy atom. The Morgan fingerprint density at radius 3 is 2.94 bits per heavy atom. The van der Waals surface area contributed by atoms with Crippen molar-refractivity contribution in [2.45, 2.75) is 6.42 Å². The second-order valence-corrected chi connectivity index (χ2v) is 5.34. The molecule has 0 atom stereocenters. The van der Waals surface area contributed by atoms with E-state index in [4.69, 9.17) is 11.6 Å². The average Bonchev–Trinajstić information content (AvgIpc) is 2.81. The zero-order chi connectivity index (χ0) is 11.5. The number of rotatable bonds is 4. The van der Waals surface area contributed by atoms with E-state index >= 15 is 0 Å². The molecule has 0 aliphatic heterocycles. The molecule has 3 nitrogen and oxygen atoms in total. The maximum absolute atomic E-state index is 5.95. The number of hydrogen-bond acceptors (Lipinski definition) is 3. The Bertz CT molecular complexity index is 475. The van der Waals surface area contributed by atoms with Crippen molar-refractivity contribution in [1.29, 1.82) is 0 Å². The molecule has 0 fully saturated rings. The lowest BCUT2D eigenvalue weighted by molar-refractivity contribution is 0.717. The van der Waals surface area contributed by atoms with Gasteiger partial charge in [-0.1, -0.05) is 11.6 Å². The minimum atomic E-state index is 0.818. The van der Waals surface area contributed by atoms with Crippen molar-refractivity contribution in [2.24, 2.45) is 7.05 Å². The summed E-state index contributed by atoms with van der Waals surface area (Å²) < 4.78 is 2.67. The third-order valence-electron chi connectivity index (χ3n) is 2.36. The number of nitrogens with zero attached hydrogens (tertiary/aromatic N) is 2. The highest BCUT2D eigenvalue weighted by molar-refractivity contribution is 7.19. The summed E-state index contributed by atoms with van der Waals surface area (Å²) in [5, 5.41) is 7.61. The van der Waals surface area contributed by atoms with E-state index in [1.54, 1.807) is 11.3 Å². The Hall–Kier alpha value is -0.840. The number of nitrogens with one attached hydrogen (secondary N) is 1. The molecular formula is C11H14ClN3S. The summed E-state index contributed by atoms with van der Waals surface area (Å²) in [6.07, 6.45) is 2.98. The van der Waals surface area contributed by atoms with E-state index in [0.717, 1.165) is 23.0 Å². The van der Waals surface area contributed by atoms with Crippen LogP contribution in [-0.4, -0.2) is 23.4 Å². The molecule has 0 saturated carbocycles. The highest BCUT2D eigenvalue weighted by atomic mass is 35.5. The first-order chi connectivity index (χ1) is 7.70. The predicted molar refractivity (Wildman–Crippen MR) is 69.2 cm³/mol. The van der Waals surface area contributed by atoms with Crippen LogP contribution in [0, 0.1) is 0 Å². The van der Waals surface area contributed by atoms with Crippen LogP contribution in [0.1, 0.15) is 5.69 Å². The second-order valence-electron chi connectivity index (χ2n) is 3.62.